The van der Waals surface area contributed by atoms with Gasteiger partial charge in [0, 0.05) is 24.3 Å². The Morgan fingerprint density at radius 3 is 2.31 bits per heavy atom. The van der Waals surface area contributed by atoms with Gasteiger partial charge in [-0.05, 0) is 67.1 Å². The highest BCUT2D eigenvalue weighted by molar-refractivity contribution is 6.34. The zero-order chi connectivity index (χ0) is 22.9. The van der Waals surface area contributed by atoms with Crippen LogP contribution in [0, 0.1) is 11.8 Å². The number of likely N-dealkylation sites (tertiary alicyclic amines) is 1. The molecule has 170 valence electrons. The Bertz CT molecular complexity index is 1010. The fraction of sp³-hybridized carbons (Fsp3) is 0.417. The number of fused-ring (bicyclic) bond motifs is 1. The Kier molecular flexibility index (Phi) is 6.47. The van der Waals surface area contributed by atoms with Crippen LogP contribution >= 0.6 is 11.6 Å². The summed E-state index contributed by atoms with van der Waals surface area (Å²) in [5.41, 5.74) is 0.0118. The van der Waals surface area contributed by atoms with Crippen LogP contribution in [0.15, 0.2) is 42.5 Å². The quantitative estimate of drug-likeness (QED) is 0.582. The number of rotatable bonds is 3. The summed E-state index contributed by atoms with van der Waals surface area (Å²) in [6.07, 6.45) is 1.47. The van der Waals surface area contributed by atoms with Crippen LogP contribution in [-0.4, -0.2) is 29.8 Å². The summed E-state index contributed by atoms with van der Waals surface area (Å²) in [6, 6.07) is 8.61. The van der Waals surface area contributed by atoms with Crippen LogP contribution < -0.4 is 5.32 Å². The third kappa shape index (κ3) is 4.93. The Balaban J connectivity index is 1.41. The van der Waals surface area contributed by atoms with Crippen molar-refractivity contribution in [1.29, 1.82) is 0 Å². The number of nitrogens with zero attached hydrogens (tertiary/aromatic N) is 1. The molecule has 0 bridgehead atoms. The average molecular weight is 465 g/mol. The van der Waals surface area contributed by atoms with Gasteiger partial charge in [0.15, 0.2) is 0 Å². The first kappa shape index (κ1) is 22.6. The number of nitrogens with one attached hydrogen (secondary N) is 1. The van der Waals surface area contributed by atoms with Gasteiger partial charge in [0.25, 0.3) is 11.8 Å². The van der Waals surface area contributed by atoms with Crippen molar-refractivity contribution in [3.8, 4) is 0 Å². The van der Waals surface area contributed by atoms with Gasteiger partial charge in [-0.1, -0.05) is 30.9 Å². The summed E-state index contributed by atoms with van der Waals surface area (Å²) < 4.78 is 38.1. The standard InChI is InChI=1S/C24H24ClF3N2O2/c25-21-13-19(29-22(31)16-5-7-18(8-6-16)24(26,27)28)9-10-20(21)23(32)30-12-11-15-3-1-2-4-17(15)14-30/h5-10,13,15,17H,1-4,11-12,14H2,(H,29,31). The fourth-order valence-corrected chi connectivity index (χ4v) is 5.00. The van der Waals surface area contributed by atoms with E-state index in [-0.39, 0.29) is 16.5 Å². The highest BCUT2D eigenvalue weighted by atomic mass is 35.5. The minimum atomic E-state index is -4.46. The molecule has 1 aliphatic carbocycles. The molecule has 1 aliphatic heterocycles. The van der Waals surface area contributed by atoms with E-state index in [9.17, 15) is 22.8 Å². The minimum absolute atomic E-state index is 0.0876. The van der Waals surface area contributed by atoms with Crippen molar-refractivity contribution >= 4 is 29.1 Å². The predicted molar refractivity (Wildman–Crippen MR) is 117 cm³/mol. The van der Waals surface area contributed by atoms with Crippen molar-refractivity contribution in [3.05, 3.63) is 64.2 Å². The number of carbonyl (C=O) groups excluding carboxylic acids is 2. The lowest BCUT2D eigenvalue weighted by atomic mass is 9.75. The number of amides is 2. The van der Waals surface area contributed by atoms with E-state index >= 15 is 0 Å². The van der Waals surface area contributed by atoms with Gasteiger partial charge in [-0.3, -0.25) is 9.59 Å². The number of anilines is 1. The van der Waals surface area contributed by atoms with Crippen LogP contribution in [0.25, 0.3) is 0 Å². The molecule has 0 spiro atoms. The Morgan fingerprint density at radius 2 is 1.66 bits per heavy atom. The zero-order valence-electron chi connectivity index (χ0n) is 17.4. The number of benzene rings is 2. The highest BCUT2D eigenvalue weighted by Gasteiger charge is 2.34. The Hall–Kier alpha value is -2.54. The molecular formula is C24H24ClF3N2O2. The minimum Gasteiger partial charge on any atom is -0.338 e. The second-order valence-electron chi connectivity index (χ2n) is 8.57. The van der Waals surface area contributed by atoms with Gasteiger partial charge in [0.2, 0.25) is 0 Å². The lowest BCUT2D eigenvalue weighted by Gasteiger charge is -2.41. The monoisotopic (exact) mass is 464 g/mol. The van der Waals surface area contributed by atoms with Crippen LogP contribution in [-0.2, 0) is 6.18 Å². The van der Waals surface area contributed by atoms with E-state index in [0.29, 0.717) is 23.1 Å². The fourth-order valence-electron chi connectivity index (χ4n) is 4.74. The van der Waals surface area contributed by atoms with E-state index in [0.717, 1.165) is 50.2 Å². The molecule has 2 amide bonds. The molecule has 2 atom stereocenters. The smallest absolute Gasteiger partial charge is 0.338 e. The van der Waals surface area contributed by atoms with Crippen molar-refractivity contribution < 1.29 is 22.8 Å². The molecule has 2 aromatic carbocycles. The number of halogens is 4. The van der Waals surface area contributed by atoms with Crippen LogP contribution in [0.1, 0.15) is 58.4 Å². The van der Waals surface area contributed by atoms with Gasteiger partial charge in [-0.25, -0.2) is 0 Å². The lowest BCUT2D eigenvalue weighted by molar-refractivity contribution is -0.137. The molecule has 2 aliphatic rings. The molecule has 8 heteroatoms. The first-order chi connectivity index (χ1) is 15.2. The van der Waals surface area contributed by atoms with Gasteiger partial charge in [0.05, 0.1) is 16.1 Å². The molecule has 4 nitrogen and oxygen atoms in total. The molecule has 2 unspecified atom stereocenters. The van der Waals surface area contributed by atoms with Crippen molar-refractivity contribution in [1.82, 2.24) is 4.90 Å². The first-order valence-corrected chi connectivity index (χ1v) is 11.2. The summed E-state index contributed by atoms with van der Waals surface area (Å²) in [4.78, 5) is 27.3. The zero-order valence-corrected chi connectivity index (χ0v) is 18.2. The molecule has 1 heterocycles. The SMILES string of the molecule is O=C(Nc1ccc(C(=O)N2CCC3CCCCC3C2)c(Cl)c1)c1ccc(C(F)(F)F)cc1. The van der Waals surface area contributed by atoms with Crippen molar-refractivity contribution in [2.45, 2.75) is 38.3 Å². The van der Waals surface area contributed by atoms with Crippen molar-refractivity contribution in [2.24, 2.45) is 11.8 Å². The number of carbonyl (C=O) groups is 2. The predicted octanol–water partition coefficient (Wildman–Crippen LogP) is 6.26. The van der Waals surface area contributed by atoms with Crippen LogP contribution in [0.5, 0.6) is 0 Å². The summed E-state index contributed by atoms with van der Waals surface area (Å²) in [5, 5.41) is 2.84. The average Bonchev–Trinajstić information content (AvgIpc) is 2.78. The van der Waals surface area contributed by atoms with E-state index in [1.807, 2.05) is 4.90 Å². The molecule has 2 aromatic rings. The summed E-state index contributed by atoms with van der Waals surface area (Å²) in [7, 11) is 0. The molecule has 1 N–H and O–H groups in total. The van der Waals surface area contributed by atoms with Gasteiger partial charge in [-0.15, -0.1) is 0 Å². The van der Waals surface area contributed by atoms with E-state index in [2.05, 4.69) is 5.32 Å². The Morgan fingerprint density at radius 1 is 0.969 bits per heavy atom. The topological polar surface area (TPSA) is 49.4 Å². The molecule has 4 rings (SSSR count). The number of hydrogen-bond acceptors (Lipinski definition) is 2. The molecule has 2 fully saturated rings. The first-order valence-electron chi connectivity index (χ1n) is 10.8. The maximum absolute atomic E-state index is 13.0. The van der Waals surface area contributed by atoms with Crippen molar-refractivity contribution in [2.75, 3.05) is 18.4 Å². The molecule has 1 saturated heterocycles. The Labute approximate surface area is 189 Å². The summed E-state index contributed by atoms with van der Waals surface area (Å²) in [5.74, 6) is 0.599. The molecule has 0 aromatic heterocycles. The van der Waals surface area contributed by atoms with E-state index in [4.69, 9.17) is 11.6 Å². The number of piperidine rings is 1. The third-order valence-electron chi connectivity index (χ3n) is 6.51. The lowest BCUT2D eigenvalue weighted by Crippen LogP contribution is -2.44. The largest absolute Gasteiger partial charge is 0.416 e. The summed E-state index contributed by atoms with van der Waals surface area (Å²) >= 11 is 6.36. The molecule has 32 heavy (non-hydrogen) atoms. The van der Waals surface area contributed by atoms with E-state index in [1.54, 1.807) is 12.1 Å². The highest BCUT2D eigenvalue weighted by Crippen LogP contribution is 2.37. The molecular weight excluding hydrogens is 441 g/mol. The van der Waals surface area contributed by atoms with Gasteiger partial charge in [0.1, 0.15) is 0 Å². The van der Waals surface area contributed by atoms with Crippen LogP contribution in [0.4, 0.5) is 18.9 Å². The van der Waals surface area contributed by atoms with Crippen LogP contribution in [0.2, 0.25) is 5.02 Å². The van der Waals surface area contributed by atoms with Crippen molar-refractivity contribution in [3.63, 3.8) is 0 Å². The second-order valence-corrected chi connectivity index (χ2v) is 8.98. The van der Waals surface area contributed by atoms with Gasteiger partial charge < -0.3 is 10.2 Å². The van der Waals surface area contributed by atoms with Gasteiger partial charge in [-0.2, -0.15) is 13.2 Å². The van der Waals surface area contributed by atoms with Gasteiger partial charge >= 0.3 is 6.18 Å². The van der Waals surface area contributed by atoms with E-state index < -0.39 is 17.6 Å². The second kappa shape index (κ2) is 9.14. The van der Waals surface area contributed by atoms with Crippen LogP contribution in [0.3, 0.4) is 0 Å². The maximum atomic E-state index is 13.0. The maximum Gasteiger partial charge on any atom is 0.416 e. The third-order valence-corrected chi connectivity index (χ3v) is 6.82. The molecule has 1 saturated carbocycles. The number of alkyl halides is 3. The van der Waals surface area contributed by atoms with E-state index in [1.165, 1.54) is 25.3 Å². The molecule has 0 radical (unpaired) electrons. The number of hydrogen-bond donors (Lipinski definition) is 1. The summed E-state index contributed by atoms with van der Waals surface area (Å²) in [6.45, 7) is 1.48. The normalized spacial score (nSPS) is 21.1.